The quantitative estimate of drug-likeness (QED) is 0.385. The zero-order valence-electron chi connectivity index (χ0n) is 18.2. The van der Waals surface area contributed by atoms with E-state index in [0.717, 1.165) is 16.7 Å². The number of rotatable bonds is 7. The van der Waals surface area contributed by atoms with Gasteiger partial charge < -0.3 is 9.73 Å². The Hall–Kier alpha value is -3.78. The van der Waals surface area contributed by atoms with Crippen molar-refractivity contribution in [3.05, 3.63) is 88.9 Å². The second-order valence-corrected chi connectivity index (χ2v) is 8.42. The molecular formula is C25H22FN3O3S. The number of thiazole rings is 1. The topological polar surface area (TPSA) is 75.4 Å². The molecule has 0 spiro atoms. The van der Waals surface area contributed by atoms with E-state index >= 15 is 0 Å². The van der Waals surface area contributed by atoms with Crippen LogP contribution in [0.25, 0.3) is 11.3 Å². The summed E-state index contributed by atoms with van der Waals surface area (Å²) >= 11 is 1.33. The Kier molecular flexibility index (Phi) is 6.65. The van der Waals surface area contributed by atoms with Crippen LogP contribution in [0.15, 0.2) is 70.7 Å². The normalized spacial score (nSPS) is 10.8. The maximum absolute atomic E-state index is 13.3. The van der Waals surface area contributed by atoms with Gasteiger partial charge in [0.25, 0.3) is 5.91 Å². The van der Waals surface area contributed by atoms with E-state index in [-0.39, 0.29) is 36.4 Å². The van der Waals surface area contributed by atoms with Gasteiger partial charge in [-0.3, -0.25) is 14.5 Å². The van der Waals surface area contributed by atoms with Crippen LogP contribution in [0.1, 0.15) is 28.1 Å². The number of carbonyl (C=O) groups excluding carboxylic acids is 2. The number of nitrogens with one attached hydrogen (secondary N) is 1. The molecule has 0 aliphatic rings. The second-order valence-electron chi connectivity index (χ2n) is 7.58. The minimum absolute atomic E-state index is 0.0743. The highest BCUT2D eigenvalue weighted by molar-refractivity contribution is 7.14. The number of carbonyl (C=O) groups is 2. The first kappa shape index (κ1) is 22.4. The van der Waals surface area contributed by atoms with Gasteiger partial charge >= 0.3 is 0 Å². The molecular weight excluding hydrogens is 441 g/mol. The number of aromatic nitrogens is 1. The van der Waals surface area contributed by atoms with Crippen LogP contribution in [0, 0.1) is 19.7 Å². The van der Waals surface area contributed by atoms with Crippen LogP contribution in [-0.4, -0.2) is 23.3 Å². The van der Waals surface area contributed by atoms with E-state index in [2.05, 4.69) is 10.3 Å². The summed E-state index contributed by atoms with van der Waals surface area (Å²) in [7, 11) is 0. The molecule has 4 aromatic rings. The Morgan fingerprint density at radius 3 is 2.48 bits per heavy atom. The van der Waals surface area contributed by atoms with Crippen LogP contribution < -0.4 is 10.2 Å². The maximum Gasteiger partial charge on any atom is 0.286 e. The molecule has 2 heterocycles. The Morgan fingerprint density at radius 1 is 1.09 bits per heavy atom. The molecule has 6 nitrogen and oxygen atoms in total. The van der Waals surface area contributed by atoms with Crippen LogP contribution in [-0.2, 0) is 4.79 Å². The molecule has 1 N–H and O–H groups in total. The Morgan fingerprint density at radius 2 is 1.82 bits per heavy atom. The standard InChI is InChI=1S/C25H22FN3O3S/c1-16-12-17(2)14-20(13-16)29(23(30)9-10-27-24(31)22-4-3-11-32-22)25-28-21(15-33-25)18-5-7-19(26)8-6-18/h3-8,11-15H,9-10H2,1-2H3,(H,27,31). The predicted molar refractivity (Wildman–Crippen MR) is 126 cm³/mol. The van der Waals surface area contributed by atoms with Crippen LogP contribution in [0.2, 0.25) is 0 Å². The molecule has 0 unspecified atom stereocenters. The van der Waals surface area contributed by atoms with Gasteiger partial charge in [0, 0.05) is 23.9 Å². The number of anilines is 2. The molecule has 8 heteroatoms. The number of hydrogen-bond donors (Lipinski definition) is 1. The molecule has 168 valence electrons. The highest BCUT2D eigenvalue weighted by atomic mass is 32.1. The van der Waals surface area contributed by atoms with Crippen LogP contribution in [0.4, 0.5) is 15.2 Å². The Balaban J connectivity index is 1.58. The van der Waals surface area contributed by atoms with Gasteiger partial charge in [-0.05, 0) is 73.5 Å². The van der Waals surface area contributed by atoms with Gasteiger partial charge in [0.05, 0.1) is 17.6 Å². The average Bonchev–Trinajstić information content (AvgIpc) is 3.46. The first-order valence-corrected chi connectivity index (χ1v) is 11.2. The molecule has 33 heavy (non-hydrogen) atoms. The fourth-order valence-electron chi connectivity index (χ4n) is 3.45. The summed E-state index contributed by atoms with van der Waals surface area (Å²) in [5.74, 6) is -0.714. The zero-order chi connectivity index (χ0) is 23.4. The molecule has 0 aliphatic carbocycles. The third-order valence-electron chi connectivity index (χ3n) is 4.91. The molecule has 2 aromatic heterocycles. The van der Waals surface area contributed by atoms with Crippen molar-refractivity contribution in [3.8, 4) is 11.3 Å². The smallest absolute Gasteiger partial charge is 0.286 e. The largest absolute Gasteiger partial charge is 0.459 e. The van der Waals surface area contributed by atoms with E-state index in [0.29, 0.717) is 16.5 Å². The minimum atomic E-state index is -0.376. The lowest BCUT2D eigenvalue weighted by Gasteiger charge is -2.21. The molecule has 4 rings (SSSR count). The van der Waals surface area contributed by atoms with E-state index < -0.39 is 0 Å². The number of hydrogen-bond acceptors (Lipinski definition) is 5. The predicted octanol–water partition coefficient (Wildman–Crippen LogP) is 5.64. The lowest BCUT2D eigenvalue weighted by molar-refractivity contribution is -0.117. The summed E-state index contributed by atoms with van der Waals surface area (Å²) in [6.45, 7) is 4.08. The van der Waals surface area contributed by atoms with Crippen molar-refractivity contribution in [2.45, 2.75) is 20.3 Å². The van der Waals surface area contributed by atoms with Crippen molar-refractivity contribution in [3.63, 3.8) is 0 Å². The van der Waals surface area contributed by atoms with Crippen molar-refractivity contribution in [2.24, 2.45) is 0 Å². The summed E-state index contributed by atoms with van der Waals surface area (Å²) in [4.78, 5) is 31.6. The van der Waals surface area contributed by atoms with Crippen molar-refractivity contribution in [1.29, 1.82) is 0 Å². The third-order valence-corrected chi connectivity index (χ3v) is 5.73. The van der Waals surface area contributed by atoms with E-state index in [4.69, 9.17) is 4.42 Å². The third kappa shape index (κ3) is 5.35. The van der Waals surface area contributed by atoms with Gasteiger partial charge in [-0.25, -0.2) is 9.37 Å². The fraction of sp³-hybridized carbons (Fsp3) is 0.160. The molecule has 0 saturated heterocycles. The Labute approximate surface area is 194 Å². The van der Waals surface area contributed by atoms with Gasteiger partial charge in [-0.15, -0.1) is 11.3 Å². The summed E-state index contributed by atoms with van der Waals surface area (Å²) in [5.41, 5.74) is 4.16. The molecule has 0 fully saturated rings. The molecule has 2 amide bonds. The molecule has 0 atom stereocenters. The lowest BCUT2D eigenvalue weighted by atomic mass is 10.1. The van der Waals surface area contributed by atoms with E-state index in [9.17, 15) is 14.0 Å². The molecule has 0 radical (unpaired) electrons. The van der Waals surface area contributed by atoms with E-state index in [1.165, 1.54) is 29.7 Å². The van der Waals surface area contributed by atoms with Gasteiger partial charge in [-0.1, -0.05) is 6.07 Å². The van der Waals surface area contributed by atoms with E-state index in [1.807, 2.05) is 37.4 Å². The minimum Gasteiger partial charge on any atom is -0.459 e. The number of aryl methyl sites for hydroxylation is 2. The number of nitrogens with zero attached hydrogens (tertiary/aromatic N) is 2. The first-order valence-electron chi connectivity index (χ1n) is 10.3. The van der Waals surface area contributed by atoms with Gasteiger partial charge in [0.2, 0.25) is 5.91 Å². The highest BCUT2D eigenvalue weighted by Crippen LogP contribution is 2.33. The maximum atomic E-state index is 13.3. The summed E-state index contributed by atoms with van der Waals surface area (Å²) in [6.07, 6.45) is 1.49. The number of benzene rings is 2. The average molecular weight is 464 g/mol. The van der Waals surface area contributed by atoms with Crippen molar-refractivity contribution in [1.82, 2.24) is 10.3 Å². The van der Waals surface area contributed by atoms with Crippen LogP contribution >= 0.6 is 11.3 Å². The number of halogens is 1. The summed E-state index contributed by atoms with van der Waals surface area (Å²) < 4.78 is 18.4. The summed E-state index contributed by atoms with van der Waals surface area (Å²) in [6, 6.07) is 15.1. The van der Waals surface area contributed by atoms with Gasteiger partial charge in [0.1, 0.15) is 5.82 Å². The molecule has 0 aliphatic heterocycles. The van der Waals surface area contributed by atoms with Crippen molar-refractivity contribution in [2.75, 3.05) is 11.4 Å². The Bertz CT molecular complexity index is 1250. The van der Waals surface area contributed by atoms with Crippen molar-refractivity contribution >= 4 is 34.0 Å². The van der Waals surface area contributed by atoms with Crippen LogP contribution in [0.3, 0.4) is 0 Å². The van der Waals surface area contributed by atoms with Gasteiger partial charge in [0.15, 0.2) is 10.9 Å². The zero-order valence-corrected chi connectivity index (χ0v) is 19.0. The highest BCUT2D eigenvalue weighted by Gasteiger charge is 2.22. The fourth-order valence-corrected chi connectivity index (χ4v) is 4.32. The van der Waals surface area contributed by atoms with Crippen LogP contribution in [0.5, 0.6) is 0 Å². The molecule has 0 bridgehead atoms. The molecule has 0 saturated carbocycles. The van der Waals surface area contributed by atoms with Gasteiger partial charge in [-0.2, -0.15) is 0 Å². The van der Waals surface area contributed by atoms with E-state index in [1.54, 1.807) is 29.2 Å². The van der Waals surface area contributed by atoms with Crippen molar-refractivity contribution < 1.29 is 18.4 Å². The summed E-state index contributed by atoms with van der Waals surface area (Å²) in [5, 5.41) is 5.04. The lowest BCUT2D eigenvalue weighted by Crippen LogP contribution is -2.31. The monoisotopic (exact) mass is 463 g/mol. The molecule has 2 aromatic carbocycles. The second kappa shape index (κ2) is 9.79. The SMILES string of the molecule is Cc1cc(C)cc(N(C(=O)CCNC(=O)c2ccco2)c2nc(-c3ccc(F)cc3)cs2)c1. The first-order chi connectivity index (χ1) is 15.9. The number of furan rings is 1. The number of amides is 2.